The first-order chi connectivity index (χ1) is 9.79. The van der Waals surface area contributed by atoms with Crippen LogP contribution in [-0.2, 0) is 21.2 Å². The average molecular weight is 332 g/mol. The van der Waals surface area contributed by atoms with Crippen molar-refractivity contribution in [1.29, 1.82) is 0 Å². The zero-order chi connectivity index (χ0) is 15.9. The summed E-state index contributed by atoms with van der Waals surface area (Å²) < 4.78 is 24.8. The van der Waals surface area contributed by atoms with Gasteiger partial charge in [0.25, 0.3) is 0 Å². The second kappa shape index (κ2) is 8.51. The Bertz CT molecular complexity index is 524. The molecule has 0 saturated carbocycles. The SMILES string of the molecule is CC(C)CCN(CCNC(=O)Cc1cccs1)S(C)(=O)=O. The largest absolute Gasteiger partial charge is 0.354 e. The van der Waals surface area contributed by atoms with Gasteiger partial charge < -0.3 is 5.32 Å². The maximum absolute atomic E-state index is 11.7. The maximum Gasteiger partial charge on any atom is 0.225 e. The molecular weight excluding hydrogens is 308 g/mol. The smallest absolute Gasteiger partial charge is 0.225 e. The highest BCUT2D eigenvalue weighted by molar-refractivity contribution is 7.88. The van der Waals surface area contributed by atoms with Gasteiger partial charge in [-0.25, -0.2) is 12.7 Å². The second-order valence-electron chi connectivity index (χ2n) is 5.45. The molecule has 0 radical (unpaired) electrons. The molecule has 1 N–H and O–H groups in total. The van der Waals surface area contributed by atoms with Gasteiger partial charge in [-0.05, 0) is 23.8 Å². The van der Waals surface area contributed by atoms with Crippen molar-refractivity contribution in [3.63, 3.8) is 0 Å². The van der Waals surface area contributed by atoms with Gasteiger partial charge in [0.2, 0.25) is 15.9 Å². The van der Waals surface area contributed by atoms with Gasteiger partial charge in [-0.15, -0.1) is 11.3 Å². The van der Waals surface area contributed by atoms with Crippen molar-refractivity contribution in [1.82, 2.24) is 9.62 Å². The van der Waals surface area contributed by atoms with Gasteiger partial charge in [0, 0.05) is 24.5 Å². The minimum atomic E-state index is -3.22. The van der Waals surface area contributed by atoms with Crippen LogP contribution >= 0.6 is 11.3 Å². The molecule has 0 fully saturated rings. The molecule has 21 heavy (non-hydrogen) atoms. The standard InChI is InChI=1S/C14H24N2O3S2/c1-12(2)6-8-16(21(3,18)19)9-7-15-14(17)11-13-5-4-10-20-13/h4-5,10,12H,6-9,11H2,1-3H3,(H,15,17). The third-order valence-electron chi connectivity index (χ3n) is 3.02. The molecule has 1 amide bonds. The first-order valence-corrected chi connectivity index (χ1v) is 9.76. The lowest BCUT2D eigenvalue weighted by molar-refractivity contribution is -0.120. The first kappa shape index (κ1) is 18.1. The van der Waals surface area contributed by atoms with Crippen LogP contribution < -0.4 is 5.32 Å². The van der Waals surface area contributed by atoms with E-state index in [1.807, 2.05) is 17.5 Å². The third kappa shape index (κ3) is 7.59. The highest BCUT2D eigenvalue weighted by Crippen LogP contribution is 2.09. The summed E-state index contributed by atoms with van der Waals surface area (Å²) in [5.41, 5.74) is 0. The summed E-state index contributed by atoms with van der Waals surface area (Å²) in [7, 11) is -3.22. The molecular formula is C14H24N2O3S2. The van der Waals surface area contributed by atoms with Crippen LogP contribution in [0, 0.1) is 5.92 Å². The van der Waals surface area contributed by atoms with E-state index in [1.54, 1.807) is 0 Å². The van der Waals surface area contributed by atoms with E-state index < -0.39 is 10.0 Å². The van der Waals surface area contributed by atoms with E-state index in [0.29, 0.717) is 32.0 Å². The molecule has 7 heteroatoms. The van der Waals surface area contributed by atoms with E-state index in [-0.39, 0.29) is 5.91 Å². The molecule has 0 unspecified atom stereocenters. The molecule has 0 aliphatic rings. The molecule has 5 nitrogen and oxygen atoms in total. The van der Waals surface area contributed by atoms with Gasteiger partial charge in [-0.3, -0.25) is 4.79 Å². The second-order valence-corrected chi connectivity index (χ2v) is 8.47. The van der Waals surface area contributed by atoms with Crippen LogP contribution in [-0.4, -0.2) is 44.5 Å². The predicted octanol–water partition coefficient (Wildman–Crippen LogP) is 1.71. The Labute approximate surface area is 131 Å². The lowest BCUT2D eigenvalue weighted by Crippen LogP contribution is -2.39. The Morgan fingerprint density at radius 3 is 2.62 bits per heavy atom. The van der Waals surface area contributed by atoms with Gasteiger partial charge in [0.15, 0.2) is 0 Å². The Hall–Kier alpha value is -0.920. The molecule has 0 atom stereocenters. The van der Waals surface area contributed by atoms with Crippen LogP contribution in [0.2, 0.25) is 0 Å². The monoisotopic (exact) mass is 332 g/mol. The molecule has 120 valence electrons. The van der Waals surface area contributed by atoms with Gasteiger partial charge in [0.1, 0.15) is 0 Å². The molecule has 0 aliphatic heterocycles. The number of amides is 1. The highest BCUT2D eigenvalue weighted by Gasteiger charge is 2.16. The minimum absolute atomic E-state index is 0.0743. The molecule has 1 aromatic heterocycles. The number of thiophene rings is 1. The van der Waals surface area contributed by atoms with Crippen LogP contribution in [0.5, 0.6) is 0 Å². The normalized spacial score (nSPS) is 12.0. The van der Waals surface area contributed by atoms with E-state index in [4.69, 9.17) is 0 Å². The van der Waals surface area contributed by atoms with Crippen molar-refractivity contribution in [2.75, 3.05) is 25.9 Å². The molecule has 0 spiro atoms. The number of hydrogen-bond acceptors (Lipinski definition) is 4. The van der Waals surface area contributed by atoms with Crippen molar-refractivity contribution in [3.8, 4) is 0 Å². The lowest BCUT2D eigenvalue weighted by atomic mass is 10.1. The van der Waals surface area contributed by atoms with Gasteiger partial charge in [-0.1, -0.05) is 19.9 Å². The molecule has 1 rings (SSSR count). The summed E-state index contributed by atoms with van der Waals surface area (Å²) in [4.78, 5) is 12.7. The van der Waals surface area contributed by atoms with E-state index in [1.165, 1.54) is 21.9 Å². The van der Waals surface area contributed by atoms with Crippen LogP contribution in [0.3, 0.4) is 0 Å². The van der Waals surface area contributed by atoms with Crippen molar-refractivity contribution in [3.05, 3.63) is 22.4 Å². The molecule has 0 aromatic carbocycles. The Morgan fingerprint density at radius 1 is 1.38 bits per heavy atom. The maximum atomic E-state index is 11.7. The fourth-order valence-electron chi connectivity index (χ4n) is 1.80. The van der Waals surface area contributed by atoms with E-state index in [9.17, 15) is 13.2 Å². The van der Waals surface area contributed by atoms with Crippen LogP contribution in [0.1, 0.15) is 25.1 Å². The fraction of sp³-hybridized carbons (Fsp3) is 0.643. The van der Waals surface area contributed by atoms with Gasteiger partial charge in [-0.2, -0.15) is 0 Å². The zero-order valence-corrected chi connectivity index (χ0v) is 14.5. The average Bonchev–Trinajstić information content (AvgIpc) is 2.84. The summed E-state index contributed by atoms with van der Waals surface area (Å²) in [6.07, 6.45) is 2.37. The topological polar surface area (TPSA) is 66.5 Å². The van der Waals surface area contributed by atoms with Gasteiger partial charge >= 0.3 is 0 Å². The van der Waals surface area contributed by atoms with E-state index in [2.05, 4.69) is 19.2 Å². The molecule has 0 saturated heterocycles. The molecule has 0 bridgehead atoms. The number of sulfonamides is 1. The number of carbonyl (C=O) groups is 1. The quantitative estimate of drug-likeness (QED) is 0.749. The lowest BCUT2D eigenvalue weighted by Gasteiger charge is -2.21. The van der Waals surface area contributed by atoms with Crippen LogP contribution in [0.25, 0.3) is 0 Å². The number of rotatable bonds is 9. The third-order valence-corrected chi connectivity index (χ3v) is 5.20. The van der Waals surface area contributed by atoms with Crippen LogP contribution in [0.4, 0.5) is 0 Å². The summed E-state index contributed by atoms with van der Waals surface area (Å²) in [6.45, 7) is 5.28. The number of nitrogens with zero attached hydrogens (tertiary/aromatic N) is 1. The zero-order valence-electron chi connectivity index (χ0n) is 12.8. The summed E-state index contributed by atoms with van der Waals surface area (Å²) in [5, 5.41) is 4.70. The van der Waals surface area contributed by atoms with Gasteiger partial charge in [0.05, 0.1) is 12.7 Å². The Kier molecular flexibility index (Phi) is 7.34. The first-order valence-electron chi connectivity index (χ1n) is 7.03. The molecule has 0 aliphatic carbocycles. The summed E-state index contributed by atoms with van der Waals surface area (Å²) >= 11 is 1.54. The Morgan fingerprint density at radius 2 is 2.10 bits per heavy atom. The summed E-state index contributed by atoms with van der Waals surface area (Å²) in [5.74, 6) is 0.373. The predicted molar refractivity (Wildman–Crippen MR) is 86.9 cm³/mol. The Balaban J connectivity index is 2.37. The number of carbonyl (C=O) groups excluding carboxylic acids is 1. The van der Waals surface area contributed by atoms with E-state index in [0.717, 1.165) is 11.3 Å². The highest BCUT2D eigenvalue weighted by atomic mass is 32.2. The van der Waals surface area contributed by atoms with E-state index >= 15 is 0 Å². The number of hydrogen-bond donors (Lipinski definition) is 1. The molecule has 1 heterocycles. The van der Waals surface area contributed by atoms with Crippen molar-refractivity contribution in [2.45, 2.75) is 26.7 Å². The fourth-order valence-corrected chi connectivity index (χ4v) is 3.36. The molecule has 1 aromatic rings. The van der Waals surface area contributed by atoms with Crippen molar-refractivity contribution >= 4 is 27.3 Å². The minimum Gasteiger partial charge on any atom is -0.354 e. The van der Waals surface area contributed by atoms with Crippen LogP contribution in [0.15, 0.2) is 17.5 Å². The number of nitrogens with one attached hydrogen (secondary N) is 1. The van der Waals surface area contributed by atoms with Crippen molar-refractivity contribution in [2.24, 2.45) is 5.92 Å². The summed E-state index contributed by atoms with van der Waals surface area (Å²) in [6, 6.07) is 3.82. The van der Waals surface area contributed by atoms with Crippen molar-refractivity contribution < 1.29 is 13.2 Å².